The Morgan fingerprint density at radius 3 is 2.47 bits per heavy atom. The molecule has 2 N–H and O–H groups in total. The quantitative estimate of drug-likeness (QED) is 0.854. The molecule has 0 amide bonds. The van der Waals surface area contributed by atoms with Gasteiger partial charge in [0.1, 0.15) is 0 Å². The van der Waals surface area contributed by atoms with Crippen LogP contribution in [0.3, 0.4) is 0 Å². The maximum absolute atomic E-state index is 6.51. The van der Waals surface area contributed by atoms with E-state index in [4.69, 9.17) is 17.3 Å². The van der Waals surface area contributed by atoms with Crippen LogP contribution in [0, 0.1) is 5.92 Å². The molecule has 1 aromatic rings. The molecule has 104 valence electrons. The minimum absolute atomic E-state index is 0.0745. The molecule has 0 bridgehead atoms. The van der Waals surface area contributed by atoms with E-state index in [9.17, 15) is 0 Å². The summed E-state index contributed by atoms with van der Waals surface area (Å²) >= 11 is 6.51. The van der Waals surface area contributed by atoms with Gasteiger partial charge in [0.25, 0.3) is 0 Å². The van der Waals surface area contributed by atoms with Crippen LogP contribution < -0.4 is 5.73 Å². The minimum Gasteiger partial charge on any atom is -0.325 e. The summed E-state index contributed by atoms with van der Waals surface area (Å²) in [7, 11) is 0. The lowest BCUT2D eigenvalue weighted by atomic mass is 9.79. The van der Waals surface area contributed by atoms with E-state index in [0.29, 0.717) is 5.92 Å². The third kappa shape index (κ3) is 3.14. The zero-order chi connectivity index (χ0) is 13.5. The molecule has 2 fully saturated rings. The molecular weight excluding hydrogens is 254 g/mol. The highest BCUT2D eigenvalue weighted by Gasteiger charge is 2.38. The number of benzene rings is 1. The first kappa shape index (κ1) is 13.5. The van der Waals surface area contributed by atoms with Gasteiger partial charge >= 0.3 is 0 Å². The Morgan fingerprint density at radius 1 is 1.21 bits per heavy atom. The molecule has 19 heavy (non-hydrogen) atoms. The first-order valence-corrected chi connectivity index (χ1v) is 8.01. The summed E-state index contributed by atoms with van der Waals surface area (Å²) in [6.45, 7) is 2.36. The van der Waals surface area contributed by atoms with Crippen LogP contribution in [0.15, 0.2) is 18.2 Å². The number of rotatable bonds is 3. The predicted octanol–water partition coefficient (Wildman–Crippen LogP) is 4.67. The SMILES string of the molecule is CC1CCC(c2ccc(CC3(N)CC3)cc2Cl)CC1. The molecule has 2 aliphatic carbocycles. The first-order chi connectivity index (χ1) is 9.06. The molecule has 0 unspecified atom stereocenters. The summed E-state index contributed by atoms with van der Waals surface area (Å²) in [6.07, 6.45) is 8.57. The van der Waals surface area contributed by atoms with Crippen LogP contribution in [0.2, 0.25) is 5.02 Å². The Kier molecular flexibility index (Phi) is 3.61. The number of nitrogens with two attached hydrogens (primary N) is 1. The highest BCUT2D eigenvalue weighted by Crippen LogP contribution is 2.40. The number of hydrogen-bond acceptors (Lipinski definition) is 1. The van der Waals surface area contributed by atoms with Gasteiger partial charge in [-0.15, -0.1) is 0 Å². The average molecular weight is 278 g/mol. The molecule has 0 radical (unpaired) electrons. The lowest BCUT2D eigenvalue weighted by Gasteiger charge is -2.27. The largest absolute Gasteiger partial charge is 0.325 e. The van der Waals surface area contributed by atoms with Crippen molar-refractivity contribution in [1.82, 2.24) is 0 Å². The van der Waals surface area contributed by atoms with Crippen molar-refractivity contribution < 1.29 is 0 Å². The molecule has 0 heterocycles. The number of hydrogen-bond donors (Lipinski definition) is 1. The smallest absolute Gasteiger partial charge is 0.0443 e. The average Bonchev–Trinajstić information content (AvgIpc) is 3.08. The van der Waals surface area contributed by atoms with Crippen LogP contribution in [0.1, 0.15) is 62.5 Å². The van der Waals surface area contributed by atoms with E-state index in [2.05, 4.69) is 25.1 Å². The van der Waals surface area contributed by atoms with Crippen LogP contribution in [-0.4, -0.2) is 5.54 Å². The van der Waals surface area contributed by atoms with Gasteiger partial charge in [0.05, 0.1) is 0 Å². The van der Waals surface area contributed by atoms with Gasteiger partial charge in [-0.2, -0.15) is 0 Å². The Hall–Kier alpha value is -0.530. The first-order valence-electron chi connectivity index (χ1n) is 7.63. The van der Waals surface area contributed by atoms with Crippen LogP contribution in [0.4, 0.5) is 0 Å². The summed E-state index contributed by atoms with van der Waals surface area (Å²) in [5.41, 5.74) is 8.92. The second kappa shape index (κ2) is 5.10. The Balaban J connectivity index is 1.72. The monoisotopic (exact) mass is 277 g/mol. The zero-order valence-electron chi connectivity index (χ0n) is 11.8. The topological polar surface area (TPSA) is 26.0 Å². The van der Waals surface area contributed by atoms with Gasteiger partial charge < -0.3 is 5.73 Å². The summed E-state index contributed by atoms with van der Waals surface area (Å²) in [5.74, 6) is 1.56. The van der Waals surface area contributed by atoms with Gasteiger partial charge in [-0.1, -0.05) is 43.5 Å². The molecule has 1 aromatic carbocycles. The minimum atomic E-state index is 0.0745. The molecule has 0 atom stereocenters. The van der Waals surface area contributed by atoms with Crippen molar-refractivity contribution in [3.05, 3.63) is 34.3 Å². The molecule has 2 saturated carbocycles. The van der Waals surface area contributed by atoms with Crippen LogP contribution in [0.5, 0.6) is 0 Å². The van der Waals surface area contributed by atoms with Crippen molar-refractivity contribution in [3.63, 3.8) is 0 Å². The molecule has 0 saturated heterocycles. The van der Waals surface area contributed by atoms with Crippen molar-refractivity contribution in [3.8, 4) is 0 Å². The van der Waals surface area contributed by atoms with Crippen molar-refractivity contribution in [2.75, 3.05) is 0 Å². The van der Waals surface area contributed by atoms with Crippen LogP contribution in [-0.2, 0) is 6.42 Å². The number of halogens is 1. The van der Waals surface area contributed by atoms with Crippen LogP contribution in [0.25, 0.3) is 0 Å². The van der Waals surface area contributed by atoms with E-state index in [1.54, 1.807) is 0 Å². The van der Waals surface area contributed by atoms with Crippen molar-refractivity contribution in [2.24, 2.45) is 11.7 Å². The lowest BCUT2D eigenvalue weighted by Crippen LogP contribution is -2.24. The molecule has 0 spiro atoms. The second-order valence-corrected chi connectivity index (χ2v) is 7.26. The van der Waals surface area contributed by atoms with E-state index in [0.717, 1.165) is 30.2 Å². The maximum atomic E-state index is 6.51. The third-order valence-corrected chi connectivity index (χ3v) is 5.30. The van der Waals surface area contributed by atoms with E-state index >= 15 is 0 Å². The van der Waals surface area contributed by atoms with E-state index < -0.39 is 0 Å². The summed E-state index contributed by atoms with van der Waals surface area (Å²) < 4.78 is 0. The van der Waals surface area contributed by atoms with Gasteiger partial charge in [-0.3, -0.25) is 0 Å². The van der Waals surface area contributed by atoms with Gasteiger partial charge in [0.15, 0.2) is 0 Å². The van der Waals surface area contributed by atoms with Gasteiger partial charge in [-0.05, 0) is 61.1 Å². The lowest BCUT2D eigenvalue weighted by molar-refractivity contribution is 0.348. The fraction of sp³-hybridized carbons (Fsp3) is 0.647. The van der Waals surface area contributed by atoms with E-state index in [-0.39, 0.29) is 5.54 Å². The molecule has 3 rings (SSSR count). The molecule has 0 aliphatic heterocycles. The molecular formula is C17H24ClN. The van der Waals surface area contributed by atoms with Gasteiger partial charge in [0, 0.05) is 10.6 Å². The Bertz CT molecular complexity index is 456. The van der Waals surface area contributed by atoms with Crippen molar-refractivity contribution >= 4 is 11.6 Å². The normalized spacial score (nSPS) is 29.2. The highest BCUT2D eigenvalue weighted by atomic mass is 35.5. The second-order valence-electron chi connectivity index (χ2n) is 6.85. The van der Waals surface area contributed by atoms with Gasteiger partial charge in [0.2, 0.25) is 0 Å². The summed E-state index contributed by atoms with van der Waals surface area (Å²) in [5, 5.41) is 0.960. The molecule has 0 aromatic heterocycles. The highest BCUT2D eigenvalue weighted by molar-refractivity contribution is 6.31. The maximum Gasteiger partial charge on any atom is 0.0443 e. The molecule has 1 nitrogen and oxygen atoms in total. The predicted molar refractivity (Wildman–Crippen MR) is 81.7 cm³/mol. The van der Waals surface area contributed by atoms with E-state index in [1.165, 1.54) is 36.8 Å². The van der Waals surface area contributed by atoms with Crippen molar-refractivity contribution in [1.29, 1.82) is 0 Å². The summed E-state index contributed by atoms with van der Waals surface area (Å²) in [4.78, 5) is 0. The summed E-state index contributed by atoms with van der Waals surface area (Å²) in [6, 6.07) is 6.65. The standard InChI is InChI=1S/C17H24ClN/c1-12-2-5-14(6-3-12)15-7-4-13(10-16(15)18)11-17(19)8-9-17/h4,7,10,12,14H,2-3,5-6,8-9,11,19H2,1H3. The Morgan fingerprint density at radius 2 is 1.89 bits per heavy atom. The fourth-order valence-electron chi connectivity index (χ4n) is 3.33. The fourth-order valence-corrected chi connectivity index (χ4v) is 3.68. The molecule has 2 heteroatoms. The third-order valence-electron chi connectivity index (χ3n) is 4.97. The molecule has 2 aliphatic rings. The van der Waals surface area contributed by atoms with E-state index in [1.807, 2.05) is 0 Å². The Labute approximate surface area is 121 Å². The van der Waals surface area contributed by atoms with Crippen LogP contribution >= 0.6 is 11.6 Å². The van der Waals surface area contributed by atoms with Gasteiger partial charge in [-0.25, -0.2) is 0 Å². The zero-order valence-corrected chi connectivity index (χ0v) is 12.5. The van der Waals surface area contributed by atoms with Crippen molar-refractivity contribution in [2.45, 2.75) is 63.3 Å².